The Hall–Kier alpha value is -1.95. The molecular weight excluding hydrogens is 164 g/mol. The standard InChI is InChI=1S/C10H8N2O/c11-8-12-10-6-2-1-4-9(10)5-3-7-13/h1-7,9H/b5-3+,12-10?. The second-order valence-electron chi connectivity index (χ2n) is 2.43. The van der Waals surface area contributed by atoms with E-state index in [0.717, 1.165) is 0 Å². The Morgan fingerprint density at radius 2 is 2.38 bits per heavy atom. The number of carbonyl (C=O) groups excluding carboxylic acids is 1. The first-order chi connectivity index (χ1) is 6.38. The van der Waals surface area contributed by atoms with Gasteiger partial charge in [-0.05, 0) is 12.2 Å². The van der Waals surface area contributed by atoms with Crippen LogP contribution in [0.15, 0.2) is 41.4 Å². The van der Waals surface area contributed by atoms with Crippen LogP contribution in [0.25, 0.3) is 0 Å². The fourth-order valence-electron chi connectivity index (χ4n) is 1.05. The van der Waals surface area contributed by atoms with Gasteiger partial charge in [-0.15, -0.1) is 0 Å². The number of allylic oxidation sites excluding steroid dienone is 6. The Morgan fingerprint density at radius 1 is 1.54 bits per heavy atom. The Labute approximate surface area is 76.4 Å². The average molecular weight is 172 g/mol. The minimum absolute atomic E-state index is 0.0603. The van der Waals surface area contributed by atoms with Crippen molar-refractivity contribution in [1.29, 1.82) is 5.26 Å². The van der Waals surface area contributed by atoms with Gasteiger partial charge in [0.25, 0.3) is 0 Å². The lowest BCUT2D eigenvalue weighted by molar-refractivity contribution is -0.104. The number of nitrogens with zero attached hydrogens (tertiary/aromatic N) is 2. The van der Waals surface area contributed by atoms with Gasteiger partial charge in [-0.3, -0.25) is 4.79 Å². The summed E-state index contributed by atoms with van der Waals surface area (Å²) in [5, 5.41) is 8.37. The molecule has 0 aliphatic heterocycles. The third-order valence-electron chi connectivity index (χ3n) is 1.61. The van der Waals surface area contributed by atoms with Crippen LogP contribution in [0.2, 0.25) is 0 Å². The SMILES string of the molecule is N#CN=C1C=CC=CC1/C=C/C=O. The second kappa shape index (κ2) is 4.83. The van der Waals surface area contributed by atoms with Crippen LogP contribution in [-0.2, 0) is 4.79 Å². The molecule has 0 heterocycles. The topological polar surface area (TPSA) is 53.2 Å². The van der Waals surface area contributed by atoms with E-state index in [1.165, 1.54) is 6.08 Å². The van der Waals surface area contributed by atoms with E-state index < -0.39 is 0 Å². The Morgan fingerprint density at radius 3 is 3.08 bits per heavy atom. The quantitative estimate of drug-likeness (QED) is 0.359. The Bertz CT molecular complexity index is 342. The van der Waals surface area contributed by atoms with Crippen LogP contribution in [-0.4, -0.2) is 12.0 Å². The van der Waals surface area contributed by atoms with E-state index in [9.17, 15) is 4.79 Å². The normalized spacial score (nSPS) is 23.6. The molecule has 0 radical (unpaired) electrons. The van der Waals surface area contributed by atoms with Crippen molar-refractivity contribution in [2.45, 2.75) is 0 Å². The summed E-state index contributed by atoms with van der Waals surface area (Å²) >= 11 is 0. The number of rotatable bonds is 2. The van der Waals surface area contributed by atoms with Crippen molar-refractivity contribution in [3.8, 4) is 6.19 Å². The summed E-state index contributed by atoms with van der Waals surface area (Å²) in [6.45, 7) is 0. The van der Waals surface area contributed by atoms with Crippen LogP contribution in [0, 0.1) is 17.4 Å². The zero-order chi connectivity index (χ0) is 9.52. The highest BCUT2D eigenvalue weighted by molar-refractivity contribution is 6.01. The van der Waals surface area contributed by atoms with E-state index in [4.69, 9.17) is 5.26 Å². The Kier molecular flexibility index (Phi) is 3.40. The van der Waals surface area contributed by atoms with E-state index in [0.29, 0.717) is 12.0 Å². The fraction of sp³-hybridized carbons (Fsp3) is 0.100. The molecule has 0 aromatic rings. The van der Waals surface area contributed by atoms with Gasteiger partial charge in [-0.1, -0.05) is 24.3 Å². The maximum absolute atomic E-state index is 10.1. The minimum atomic E-state index is -0.0603. The maximum atomic E-state index is 10.1. The first kappa shape index (κ1) is 9.14. The third-order valence-corrected chi connectivity index (χ3v) is 1.61. The molecule has 0 bridgehead atoms. The van der Waals surface area contributed by atoms with Crippen LogP contribution >= 0.6 is 0 Å². The molecule has 64 valence electrons. The molecule has 0 saturated carbocycles. The second-order valence-corrected chi connectivity index (χ2v) is 2.43. The van der Waals surface area contributed by atoms with Crippen LogP contribution in [0.5, 0.6) is 0 Å². The molecule has 1 unspecified atom stereocenters. The average Bonchev–Trinajstić information content (AvgIpc) is 2.17. The number of hydrogen-bond donors (Lipinski definition) is 0. The lowest BCUT2D eigenvalue weighted by atomic mass is 9.98. The van der Waals surface area contributed by atoms with Gasteiger partial charge in [-0.25, -0.2) is 0 Å². The number of hydrogen-bond acceptors (Lipinski definition) is 3. The zero-order valence-corrected chi connectivity index (χ0v) is 6.92. The van der Waals surface area contributed by atoms with Crippen molar-refractivity contribution in [2.75, 3.05) is 0 Å². The van der Waals surface area contributed by atoms with Crippen LogP contribution < -0.4 is 0 Å². The summed E-state index contributed by atoms with van der Waals surface area (Å²) < 4.78 is 0. The van der Waals surface area contributed by atoms with Crippen LogP contribution in [0.4, 0.5) is 0 Å². The van der Waals surface area contributed by atoms with Crippen molar-refractivity contribution < 1.29 is 4.79 Å². The summed E-state index contributed by atoms with van der Waals surface area (Å²) in [6.07, 6.45) is 12.8. The smallest absolute Gasteiger partial charge is 0.205 e. The molecule has 0 fully saturated rings. The van der Waals surface area contributed by atoms with Crippen LogP contribution in [0.1, 0.15) is 0 Å². The van der Waals surface area contributed by atoms with Crippen LogP contribution in [0.3, 0.4) is 0 Å². The largest absolute Gasteiger partial charge is 0.299 e. The highest BCUT2D eigenvalue weighted by Crippen LogP contribution is 2.10. The van der Waals surface area contributed by atoms with Crippen molar-refractivity contribution >= 4 is 12.0 Å². The molecule has 13 heavy (non-hydrogen) atoms. The van der Waals surface area contributed by atoms with Gasteiger partial charge in [0, 0.05) is 5.92 Å². The van der Waals surface area contributed by atoms with Gasteiger partial charge in [0.15, 0.2) is 0 Å². The predicted octanol–water partition coefficient (Wildman–Crippen LogP) is 1.41. The summed E-state index contributed by atoms with van der Waals surface area (Å²) in [7, 11) is 0. The first-order valence-corrected chi connectivity index (χ1v) is 3.82. The number of aliphatic imine (C=N–C) groups is 1. The summed E-state index contributed by atoms with van der Waals surface area (Å²) in [5.74, 6) is -0.0603. The maximum Gasteiger partial charge on any atom is 0.205 e. The van der Waals surface area contributed by atoms with Gasteiger partial charge < -0.3 is 0 Å². The van der Waals surface area contributed by atoms with Gasteiger partial charge in [0.05, 0.1) is 5.71 Å². The molecule has 0 saturated heterocycles. The highest BCUT2D eigenvalue weighted by Gasteiger charge is 2.08. The first-order valence-electron chi connectivity index (χ1n) is 3.82. The molecule has 0 N–H and O–H groups in total. The molecule has 0 spiro atoms. The molecule has 0 aromatic carbocycles. The van der Waals surface area contributed by atoms with E-state index in [-0.39, 0.29) is 5.92 Å². The van der Waals surface area contributed by atoms with Crippen molar-refractivity contribution in [2.24, 2.45) is 10.9 Å². The molecule has 3 nitrogen and oxygen atoms in total. The summed E-state index contributed by atoms with van der Waals surface area (Å²) in [5.41, 5.74) is 0.656. The van der Waals surface area contributed by atoms with Crippen molar-refractivity contribution in [3.05, 3.63) is 36.5 Å². The molecule has 0 aromatic heterocycles. The minimum Gasteiger partial charge on any atom is -0.299 e. The molecule has 1 aliphatic rings. The zero-order valence-electron chi connectivity index (χ0n) is 6.92. The monoisotopic (exact) mass is 172 g/mol. The van der Waals surface area contributed by atoms with Gasteiger partial charge >= 0.3 is 0 Å². The molecule has 3 heteroatoms. The lowest BCUT2D eigenvalue weighted by Crippen LogP contribution is -2.08. The van der Waals surface area contributed by atoms with E-state index in [1.54, 1.807) is 24.4 Å². The van der Waals surface area contributed by atoms with E-state index in [2.05, 4.69) is 4.99 Å². The number of aldehydes is 1. The fourth-order valence-corrected chi connectivity index (χ4v) is 1.05. The molecular formula is C10H8N2O. The predicted molar refractivity (Wildman–Crippen MR) is 50.0 cm³/mol. The Balaban J connectivity index is 2.84. The number of carbonyl (C=O) groups is 1. The molecule has 1 aliphatic carbocycles. The molecule has 1 atom stereocenters. The van der Waals surface area contributed by atoms with Gasteiger partial charge in [0.1, 0.15) is 6.29 Å². The number of nitriles is 1. The molecule has 0 amide bonds. The van der Waals surface area contributed by atoms with Gasteiger partial charge in [-0.2, -0.15) is 10.3 Å². The van der Waals surface area contributed by atoms with E-state index >= 15 is 0 Å². The summed E-state index contributed by atoms with van der Waals surface area (Å²) in [4.78, 5) is 13.7. The van der Waals surface area contributed by atoms with Crippen molar-refractivity contribution in [3.63, 3.8) is 0 Å². The lowest BCUT2D eigenvalue weighted by Gasteiger charge is -2.08. The highest BCUT2D eigenvalue weighted by atomic mass is 16.1. The van der Waals surface area contributed by atoms with E-state index in [1.807, 2.05) is 12.2 Å². The van der Waals surface area contributed by atoms with Gasteiger partial charge in [0.2, 0.25) is 6.19 Å². The van der Waals surface area contributed by atoms with Crippen molar-refractivity contribution in [1.82, 2.24) is 0 Å². The molecule has 1 rings (SSSR count). The third kappa shape index (κ3) is 2.53. The summed E-state index contributed by atoms with van der Waals surface area (Å²) in [6, 6.07) is 0.